The fourth-order valence-corrected chi connectivity index (χ4v) is 5.80. The van der Waals surface area contributed by atoms with E-state index in [-0.39, 0.29) is 19.5 Å². The van der Waals surface area contributed by atoms with Gasteiger partial charge in [-0.3, -0.25) is 9.59 Å². The molecule has 198 valence electrons. The molecule has 1 unspecified atom stereocenters. The van der Waals surface area contributed by atoms with Crippen molar-refractivity contribution in [2.24, 2.45) is 5.73 Å². The van der Waals surface area contributed by atoms with Gasteiger partial charge in [-0.1, -0.05) is 43.4 Å². The average Bonchev–Trinajstić information content (AvgIpc) is 2.91. The number of carboxylic acid groups (broad SMARTS) is 1. The molecule has 1 aliphatic rings. The van der Waals surface area contributed by atoms with E-state index in [1.54, 1.807) is 12.1 Å². The van der Waals surface area contributed by atoms with Crippen molar-refractivity contribution in [1.29, 1.82) is 0 Å². The Bertz CT molecular complexity index is 1500. The summed E-state index contributed by atoms with van der Waals surface area (Å²) in [7, 11) is -3.89. The minimum atomic E-state index is -3.89. The summed E-state index contributed by atoms with van der Waals surface area (Å²) < 4.78 is 28.9. The van der Waals surface area contributed by atoms with Gasteiger partial charge < -0.3 is 15.7 Å². The van der Waals surface area contributed by atoms with Crippen molar-refractivity contribution in [3.8, 4) is 11.8 Å². The van der Waals surface area contributed by atoms with Crippen LogP contribution in [0.25, 0.3) is 10.8 Å². The first-order valence-corrected chi connectivity index (χ1v) is 13.8. The first-order chi connectivity index (χ1) is 18.2. The molecule has 0 bridgehead atoms. The smallest absolute Gasteiger partial charge is 0.321 e. The monoisotopic (exact) mass is 534 g/mol. The lowest BCUT2D eigenvalue weighted by atomic mass is 10.0. The third-order valence-electron chi connectivity index (χ3n) is 6.48. The summed E-state index contributed by atoms with van der Waals surface area (Å²) in [5, 5.41) is 11.0. The van der Waals surface area contributed by atoms with Crippen LogP contribution in [0.15, 0.2) is 60.7 Å². The number of piperazine rings is 1. The number of carboxylic acids is 1. The first kappa shape index (κ1) is 27.1. The zero-order valence-electron chi connectivity index (χ0n) is 21.1. The fraction of sp³-hybridized carbons (Fsp3) is 0.286. The van der Waals surface area contributed by atoms with Crippen LogP contribution in [-0.2, 0) is 15.0 Å². The number of aliphatic carboxylic acids is 1. The summed E-state index contributed by atoms with van der Waals surface area (Å²) in [5.41, 5.74) is 8.50. The Morgan fingerprint density at radius 3 is 2.29 bits per heavy atom. The van der Waals surface area contributed by atoms with Crippen LogP contribution in [0.4, 0.5) is 5.69 Å². The minimum Gasteiger partial charge on any atom is -0.480 e. The van der Waals surface area contributed by atoms with Crippen molar-refractivity contribution in [2.45, 2.75) is 25.8 Å². The van der Waals surface area contributed by atoms with Gasteiger partial charge in [0.1, 0.15) is 6.04 Å². The third kappa shape index (κ3) is 6.31. The number of fused-ring (bicyclic) bond motifs is 1. The Kier molecular flexibility index (Phi) is 8.32. The molecule has 3 aromatic rings. The molecule has 4 rings (SSSR count). The maximum Gasteiger partial charge on any atom is 0.321 e. The second kappa shape index (κ2) is 11.6. The summed E-state index contributed by atoms with van der Waals surface area (Å²) in [6.45, 7) is 3.28. The SMILES string of the molecule is CCCC(NS(=O)(=O)N1CCN(c2ccc(C#Cc3ccc4cccc(C(N)=O)c4c3)cc2)CC1)C(=O)O. The van der Waals surface area contributed by atoms with E-state index in [1.165, 1.54) is 4.31 Å². The van der Waals surface area contributed by atoms with E-state index < -0.39 is 28.1 Å². The second-order valence-electron chi connectivity index (χ2n) is 9.09. The van der Waals surface area contributed by atoms with Gasteiger partial charge in [0.25, 0.3) is 10.2 Å². The molecule has 3 aromatic carbocycles. The lowest BCUT2D eigenvalue weighted by Gasteiger charge is -2.35. The van der Waals surface area contributed by atoms with Crippen LogP contribution in [-0.4, -0.2) is 61.9 Å². The van der Waals surface area contributed by atoms with Gasteiger partial charge in [-0.05, 0) is 59.7 Å². The molecule has 1 aliphatic heterocycles. The van der Waals surface area contributed by atoms with Gasteiger partial charge in [0.05, 0.1) is 0 Å². The highest BCUT2D eigenvalue weighted by atomic mass is 32.2. The van der Waals surface area contributed by atoms with Gasteiger partial charge in [0.2, 0.25) is 5.91 Å². The molecule has 1 saturated heterocycles. The van der Waals surface area contributed by atoms with Crippen LogP contribution < -0.4 is 15.4 Å². The number of hydrogen-bond donors (Lipinski definition) is 3. The van der Waals surface area contributed by atoms with E-state index >= 15 is 0 Å². The molecule has 1 amide bonds. The van der Waals surface area contributed by atoms with Gasteiger partial charge in [-0.15, -0.1) is 0 Å². The van der Waals surface area contributed by atoms with Crippen molar-refractivity contribution in [3.63, 3.8) is 0 Å². The van der Waals surface area contributed by atoms with Crippen molar-refractivity contribution >= 4 is 38.5 Å². The van der Waals surface area contributed by atoms with Crippen molar-refractivity contribution in [2.75, 3.05) is 31.1 Å². The topological polar surface area (TPSA) is 133 Å². The minimum absolute atomic E-state index is 0.235. The highest BCUT2D eigenvalue weighted by Gasteiger charge is 2.31. The maximum atomic E-state index is 12.7. The zero-order valence-corrected chi connectivity index (χ0v) is 21.9. The predicted molar refractivity (Wildman–Crippen MR) is 147 cm³/mol. The van der Waals surface area contributed by atoms with E-state index in [1.807, 2.05) is 55.5 Å². The second-order valence-corrected chi connectivity index (χ2v) is 10.8. The zero-order chi connectivity index (χ0) is 27.3. The first-order valence-electron chi connectivity index (χ1n) is 12.4. The summed E-state index contributed by atoms with van der Waals surface area (Å²) in [6, 6.07) is 17.7. The highest BCUT2D eigenvalue weighted by Crippen LogP contribution is 2.21. The van der Waals surface area contributed by atoms with Gasteiger partial charge in [0, 0.05) is 48.6 Å². The molecule has 0 aliphatic carbocycles. The van der Waals surface area contributed by atoms with E-state index in [0.29, 0.717) is 25.1 Å². The quantitative estimate of drug-likeness (QED) is 0.381. The van der Waals surface area contributed by atoms with Crippen LogP contribution in [0.5, 0.6) is 0 Å². The van der Waals surface area contributed by atoms with Gasteiger partial charge in [-0.25, -0.2) is 0 Å². The summed E-state index contributed by atoms with van der Waals surface area (Å²) in [6.07, 6.45) is 0.797. The molecule has 0 radical (unpaired) electrons. The summed E-state index contributed by atoms with van der Waals surface area (Å²) >= 11 is 0. The molecule has 0 spiro atoms. The number of carbonyl (C=O) groups excluding carboxylic acids is 1. The maximum absolute atomic E-state index is 12.7. The normalized spacial score (nSPS) is 15.0. The molecule has 9 nitrogen and oxygen atoms in total. The number of nitrogens with zero attached hydrogens (tertiary/aromatic N) is 2. The molecule has 4 N–H and O–H groups in total. The van der Waals surface area contributed by atoms with Crippen LogP contribution in [0.2, 0.25) is 0 Å². The number of nitrogens with one attached hydrogen (secondary N) is 1. The summed E-state index contributed by atoms with van der Waals surface area (Å²) in [4.78, 5) is 25.2. The standard InChI is InChI=1S/C28H30N4O5S/c1-2-4-26(28(34)35)30-38(36,37)32-17-15-31(16-18-32)23-13-10-20(11-14-23)7-8-21-9-12-22-5-3-6-24(27(29)33)25(22)19-21/h3,5-6,9-14,19,26,30H,2,4,15-18H2,1H3,(H2,29,33)(H,34,35). The van der Waals surface area contributed by atoms with Crippen LogP contribution >= 0.6 is 0 Å². The van der Waals surface area contributed by atoms with Crippen molar-refractivity contribution in [3.05, 3.63) is 77.4 Å². The number of nitrogens with two attached hydrogens (primary N) is 1. The Morgan fingerprint density at radius 1 is 1.00 bits per heavy atom. The van der Waals surface area contributed by atoms with Gasteiger partial charge in [-0.2, -0.15) is 17.4 Å². The number of carbonyl (C=O) groups is 2. The number of primary amides is 1. The van der Waals surface area contributed by atoms with E-state index in [0.717, 1.165) is 27.6 Å². The number of hydrogen-bond acceptors (Lipinski definition) is 5. The lowest BCUT2D eigenvalue weighted by Crippen LogP contribution is -2.54. The molecule has 1 atom stereocenters. The third-order valence-corrected chi connectivity index (χ3v) is 8.10. The Morgan fingerprint density at radius 2 is 1.66 bits per heavy atom. The molecular formula is C28H30N4O5S. The molecule has 10 heteroatoms. The van der Waals surface area contributed by atoms with E-state index in [9.17, 15) is 23.1 Å². The number of rotatable bonds is 8. The largest absolute Gasteiger partial charge is 0.480 e. The molecule has 1 heterocycles. The Hall–Kier alpha value is -3.91. The van der Waals surface area contributed by atoms with Crippen LogP contribution in [0.3, 0.4) is 0 Å². The fourth-order valence-electron chi connectivity index (χ4n) is 4.43. The Balaban J connectivity index is 1.40. The highest BCUT2D eigenvalue weighted by molar-refractivity contribution is 7.87. The molecule has 38 heavy (non-hydrogen) atoms. The molecule has 1 fully saturated rings. The lowest BCUT2D eigenvalue weighted by molar-refractivity contribution is -0.139. The van der Waals surface area contributed by atoms with Gasteiger partial charge in [0.15, 0.2) is 0 Å². The molecular weight excluding hydrogens is 504 g/mol. The predicted octanol–water partition coefficient (Wildman–Crippen LogP) is 2.55. The van der Waals surface area contributed by atoms with Crippen LogP contribution in [0, 0.1) is 11.8 Å². The Labute approximate surface area is 222 Å². The molecule has 0 aromatic heterocycles. The van der Waals surface area contributed by atoms with E-state index in [4.69, 9.17) is 5.73 Å². The van der Waals surface area contributed by atoms with Crippen molar-refractivity contribution in [1.82, 2.24) is 9.03 Å². The van der Waals surface area contributed by atoms with Crippen LogP contribution in [0.1, 0.15) is 41.3 Å². The molecule has 0 saturated carbocycles. The average molecular weight is 535 g/mol. The number of anilines is 1. The number of amides is 1. The van der Waals surface area contributed by atoms with Crippen molar-refractivity contribution < 1.29 is 23.1 Å². The van der Waals surface area contributed by atoms with E-state index in [2.05, 4.69) is 21.5 Å². The summed E-state index contributed by atoms with van der Waals surface area (Å²) in [5.74, 6) is 4.62. The van der Waals surface area contributed by atoms with Gasteiger partial charge >= 0.3 is 5.97 Å². The number of benzene rings is 3.